The molecular formula is C21H31N. The Hall–Kier alpha value is -0.770. The van der Waals surface area contributed by atoms with Gasteiger partial charge in [0, 0.05) is 18.3 Å². The molecule has 0 aromatic carbocycles. The van der Waals surface area contributed by atoms with Crippen LogP contribution in [0.2, 0.25) is 0 Å². The summed E-state index contributed by atoms with van der Waals surface area (Å²) in [5, 5.41) is 0. The molecule has 7 atom stereocenters. The third-order valence-electron chi connectivity index (χ3n) is 7.95. The molecule has 0 amide bonds. The van der Waals surface area contributed by atoms with Gasteiger partial charge in [-0.3, -0.25) is 0 Å². The Balaban J connectivity index is 1.84. The van der Waals surface area contributed by atoms with Gasteiger partial charge in [0.25, 0.3) is 0 Å². The normalized spacial score (nSPS) is 52.2. The average Bonchev–Trinajstić information content (AvgIpc) is 2.45. The summed E-state index contributed by atoms with van der Waals surface area (Å²) in [6, 6.07) is 0. The predicted molar refractivity (Wildman–Crippen MR) is 91.2 cm³/mol. The van der Waals surface area contributed by atoms with Crippen molar-refractivity contribution in [3.8, 4) is 0 Å². The van der Waals surface area contributed by atoms with Crippen LogP contribution in [0.25, 0.3) is 4.85 Å². The van der Waals surface area contributed by atoms with Gasteiger partial charge < -0.3 is 4.85 Å². The Morgan fingerprint density at radius 3 is 2.73 bits per heavy atom. The van der Waals surface area contributed by atoms with Crippen molar-refractivity contribution in [2.24, 2.45) is 40.9 Å². The molecule has 4 aliphatic carbocycles. The largest absolute Gasteiger partial charge is 0.309 e. The fourth-order valence-corrected chi connectivity index (χ4v) is 7.15. The summed E-state index contributed by atoms with van der Waals surface area (Å²) in [5.74, 6) is 4.49. The molecule has 3 saturated carbocycles. The van der Waals surface area contributed by atoms with E-state index in [1.54, 1.807) is 5.57 Å². The van der Waals surface area contributed by atoms with Gasteiger partial charge in [-0.25, -0.2) is 6.57 Å². The van der Waals surface area contributed by atoms with Gasteiger partial charge in [-0.1, -0.05) is 39.3 Å². The second kappa shape index (κ2) is 4.62. The topological polar surface area (TPSA) is 4.36 Å². The first-order valence-electron chi connectivity index (χ1n) is 9.45. The number of nitrogens with zero attached hydrogens (tertiary/aromatic N) is 1. The first-order valence-corrected chi connectivity index (χ1v) is 9.45. The molecule has 0 heterocycles. The molecule has 120 valence electrons. The number of allylic oxidation sites excluding steroid dienone is 1. The lowest BCUT2D eigenvalue weighted by Gasteiger charge is -2.60. The highest BCUT2D eigenvalue weighted by molar-refractivity contribution is 5.30. The molecule has 0 aromatic heterocycles. The van der Waals surface area contributed by atoms with E-state index in [4.69, 9.17) is 6.57 Å². The Morgan fingerprint density at radius 1 is 1.23 bits per heavy atom. The predicted octanol–water partition coefficient (Wildman–Crippen LogP) is 5.73. The molecule has 0 N–H and O–H groups in total. The van der Waals surface area contributed by atoms with Crippen molar-refractivity contribution < 1.29 is 0 Å². The molecule has 4 rings (SSSR count). The Bertz CT molecular complexity index is 551. The van der Waals surface area contributed by atoms with Crippen molar-refractivity contribution in [2.75, 3.05) is 0 Å². The third-order valence-corrected chi connectivity index (χ3v) is 7.95. The number of rotatable bonds is 0. The SMILES string of the molecule is [C-]#[N+][C@@]12CC=C3CC(C)(C)C[C@@H]4C[C@H](C)C(CC[C@@H]1C)[C@H]2[C@@H]34. The fraction of sp³-hybridized carbons (Fsp3) is 0.857. The molecule has 1 unspecified atom stereocenters. The first kappa shape index (κ1) is 14.8. The highest BCUT2D eigenvalue weighted by Crippen LogP contribution is 2.65. The van der Waals surface area contributed by atoms with E-state index in [-0.39, 0.29) is 5.54 Å². The van der Waals surface area contributed by atoms with Gasteiger partial charge in [0.1, 0.15) is 0 Å². The fourth-order valence-electron chi connectivity index (χ4n) is 7.15. The van der Waals surface area contributed by atoms with E-state index in [1.807, 2.05) is 0 Å². The van der Waals surface area contributed by atoms with Crippen LogP contribution in [0, 0.1) is 47.5 Å². The molecule has 0 spiro atoms. The maximum atomic E-state index is 8.07. The van der Waals surface area contributed by atoms with Crippen LogP contribution in [0.5, 0.6) is 0 Å². The second-order valence-corrected chi connectivity index (χ2v) is 9.80. The van der Waals surface area contributed by atoms with Gasteiger partial charge in [0.15, 0.2) is 0 Å². The summed E-state index contributed by atoms with van der Waals surface area (Å²) in [6.07, 6.45) is 10.3. The zero-order chi connectivity index (χ0) is 15.7. The van der Waals surface area contributed by atoms with Crippen LogP contribution in [-0.2, 0) is 0 Å². The van der Waals surface area contributed by atoms with E-state index >= 15 is 0 Å². The van der Waals surface area contributed by atoms with Gasteiger partial charge in [0.05, 0.1) is 0 Å². The Labute approximate surface area is 136 Å². The van der Waals surface area contributed by atoms with Crippen LogP contribution in [0.15, 0.2) is 11.6 Å². The van der Waals surface area contributed by atoms with Gasteiger partial charge >= 0.3 is 0 Å². The van der Waals surface area contributed by atoms with Crippen molar-refractivity contribution in [3.63, 3.8) is 0 Å². The Morgan fingerprint density at radius 2 is 2.00 bits per heavy atom. The minimum absolute atomic E-state index is 0.0640. The number of hydrogen-bond acceptors (Lipinski definition) is 0. The monoisotopic (exact) mass is 297 g/mol. The van der Waals surface area contributed by atoms with Crippen LogP contribution in [-0.4, -0.2) is 5.54 Å². The molecule has 0 aliphatic heterocycles. The van der Waals surface area contributed by atoms with E-state index in [0.717, 1.165) is 30.1 Å². The van der Waals surface area contributed by atoms with Crippen LogP contribution in [0.4, 0.5) is 0 Å². The lowest BCUT2D eigenvalue weighted by Crippen LogP contribution is -2.59. The summed E-state index contributed by atoms with van der Waals surface area (Å²) < 4.78 is 0. The van der Waals surface area contributed by atoms with Gasteiger partial charge in [-0.15, -0.1) is 0 Å². The van der Waals surface area contributed by atoms with Crippen molar-refractivity contribution in [2.45, 2.75) is 71.8 Å². The molecule has 3 fully saturated rings. The molecule has 0 saturated heterocycles. The van der Waals surface area contributed by atoms with Crippen molar-refractivity contribution in [1.82, 2.24) is 0 Å². The lowest BCUT2D eigenvalue weighted by molar-refractivity contribution is -0.0621. The standard InChI is InChI=1S/C21H31N/c1-13-10-16-12-20(3,4)11-15-8-9-21(22-5)14(2)6-7-17(13)19(21)18(15)16/h8,13-14,16-19H,6-7,9-12H2,1-4H3/t13-,14-,16-,17?,18-,19-,21-/m0/s1. The smallest absolute Gasteiger partial charge is 0.242 e. The summed E-state index contributed by atoms with van der Waals surface area (Å²) in [7, 11) is 0. The molecule has 22 heavy (non-hydrogen) atoms. The van der Waals surface area contributed by atoms with Crippen LogP contribution < -0.4 is 0 Å². The third kappa shape index (κ3) is 1.82. The quantitative estimate of drug-likeness (QED) is 0.397. The molecule has 0 aromatic rings. The molecule has 0 radical (unpaired) electrons. The molecule has 1 heteroatoms. The van der Waals surface area contributed by atoms with E-state index in [1.165, 1.54) is 32.1 Å². The summed E-state index contributed by atoms with van der Waals surface area (Å²) >= 11 is 0. The van der Waals surface area contributed by atoms with Crippen LogP contribution in [0.1, 0.15) is 66.2 Å². The van der Waals surface area contributed by atoms with Crippen molar-refractivity contribution >= 4 is 0 Å². The second-order valence-electron chi connectivity index (χ2n) is 9.80. The summed E-state index contributed by atoms with van der Waals surface area (Å²) in [6.45, 7) is 17.8. The van der Waals surface area contributed by atoms with Crippen molar-refractivity contribution in [3.05, 3.63) is 23.1 Å². The maximum absolute atomic E-state index is 8.07. The Kier molecular flexibility index (Phi) is 3.11. The molecule has 4 aliphatic rings. The van der Waals surface area contributed by atoms with Crippen LogP contribution in [0.3, 0.4) is 0 Å². The van der Waals surface area contributed by atoms with Gasteiger partial charge in [0.2, 0.25) is 5.54 Å². The zero-order valence-corrected chi connectivity index (χ0v) is 14.7. The van der Waals surface area contributed by atoms with E-state index < -0.39 is 0 Å². The van der Waals surface area contributed by atoms with E-state index in [9.17, 15) is 0 Å². The highest BCUT2D eigenvalue weighted by atomic mass is 14.9. The first-order chi connectivity index (χ1) is 10.4. The summed E-state index contributed by atoms with van der Waals surface area (Å²) in [5.41, 5.74) is 2.15. The van der Waals surface area contributed by atoms with E-state index in [2.05, 4.69) is 38.6 Å². The minimum atomic E-state index is -0.0640. The van der Waals surface area contributed by atoms with Gasteiger partial charge in [-0.2, -0.15) is 0 Å². The van der Waals surface area contributed by atoms with Crippen LogP contribution >= 0.6 is 0 Å². The molecule has 0 bridgehead atoms. The lowest BCUT2D eigenvalue weighted by atomic mass is 9.43. The molecular weight excluding hydrogens is 266 g/mol. The summed E-state index contributed by atoms with van der Waals surface area (Å²) in [4.78, 5) is 4.37. The molecule has 1 nitrogen and oxygen atoms in total. The maximum Gasteiger partial charge on any atom is 0.242 e. The van der Waals surface area contributed by atoms with E-state index in [0.29, 0.717) is 17.3 Å². The number of hydrogen-bond donors (Lipinski definition) is 0. The minimum Gasteiger partial charge on any atom is -0.309 e. The zero-order valence-electron chi connectivity index (χ0n) is 14.7. The average molecular weight is 297 g/mol. The highest BCUT2D eigenvalue weighted by Gasteiger charge is 2.65. The van der Waals surface area contributed by atoms with Gasteiger partial charge in [-0.05, 0) is 61.2 Å². The van der Waals surface area contributed by atoms with Crippen molar-refractivity contribution in [1.29, 1.82) is 0 Å².